The Hall–Kier alpha value is -2.32. The minimum absolute atomic E-state index is 0.225. The number of nitrogens with zero attached hydrogens (tertiary/aromatic N) is 2. The number of aryl methyl sites for hydroxylation is 1. The van der Waals surface area contributed by atoms with Crippen molar-refractivity contribution in [2.75, 3.05) is 6.54 Å². The predicted octanol–water partition coefficient (Wildman–Crippen LogP) is 3.24. The summed E-state index contributed by atoms with van der Waals surface area (Å²) in [7, 11) is 0. The molecule has 5 nitrogen and oxygen atoms in total. The molecule has 0 saturated carbocycles. The summed E-state index contributed by atoms with van der Waals surface area (Å²) in [5, 5.41) is 7.39. The van der Waals surface area contributed by atoms with Crippen molar-refractivity contribution >= 4 is 17.5 Å². The van der Waals surface area contributed by atoms with Gasteiger partial charge in [0, 0.05) is 23.6 Å². The van der Waals surface area contributed by atoms with Crippen molar-refractivity contribution in [1.29, 1.82) is 0 Å². The molecule has 0 atom stereocenters. The molecule has 2 rings (SSSR count). The summed E-state index contributed by atoms with van der Waals surface area (Å²) in [5.41, 5.74) is 0.879. The van der Waals surface area contributed by atoms with Gasteiger partial charge in [0.25, 0.3) is 5.91 Å². The third-order valence-corrected chi connectivity index (χ3v) is 3.41. The zero-order valence-corrected chi connectivity index (χ0v) is 13.7. The van der Waals surface area contributed by atoms with Crippen LogP contribution in [0.3, 0.4) is 0 Å². The zero-order chi connectivity index (χ0) is 16.5. The average Bonchev–Trinajstić information content (AvgIpc) is 3.00. The lowest BCUT2D eigenvalue weighted by molar-refractivity contribution is -0.115. The van der Waals surface area contributed by atoms with Crippen LogP contribution in [-0.2, 0) is 11.2 Å². The number of hydrogen-bond donors (Lipinski definition) is 1. The first kappa shape index (κ1) is 17.0. The molecule has 0 aliphatic heterocycles. The number of unbranched alkanes of at least 4 members (excludes halogenated alkanes) is 2. The van der Waals surface area contributed by atoms with E-state index in [1.165, 1.54) is 0 Å². The van der Waals surface area contributed by atoms with Crippen molar-refractivity contribution < 1.29 is 9.32 Å². The average molecular weight is 332 g/mol. The summed E-state index contributed by atoms with van der Waals surface area (Å²) >= 11 is 5.85. The minimum Gasteiger partial charge on any atom is -0.345 e. The van der Waals surface area contributed by atoms with Gasteiger partial charge in [-0.1, -0.05) is 29.1 Å². The van der Waals surface area contributed by atoms with Crippen molar-refractivity contribution in [3.63, 3.8) is 0 Å². The molecule has 0 aliphatic carbocycles. The zero-order valence-electron chi connectivity index (χ0n) is 12.9. The van der Waals surface area contributed by atoms with Crippen LogP contribution in [0.15, 0.2) is 28.8 Å². The first-order valence-corrected chi connectivity index (χ1v) is 7.86. The van der Waals surface area contributed by atoms with Crippen molar-refractivity contribution in [3.05, 3.63) is 35.2 Å². The second kappa shape index (κ2) is 8.96. The Labute approximate surface area is 140 Å². The van der Waals surface area contributed by atoms with Gasteiger partial charge in [0.15, 0.2) is 0 Å². The van der Waals surface area contributed by atoms with E-state index in [-0.39, 0.29) is 5.91 Å². The van der Waals surface area contributed by atoms with Gasteiger partial charge in [0.2, 0.25) is 11.7 Å². The Kier molecular flexibility index (Phi) is 6.64. The lowest BCUT2D eigenvalue weighted by atomic mass is 10.2. The van der Waals surface area contributed by atoms with E-state index in [2.05, 4.69) is 27.3 Å². The smallest absolute Gasteiger partial charge is 0.295 e. The number of benzene rings is 1. The van der Waals surface area contributed by atoms with Crippen LogP contribution in [0.2, 0.25) is 5.02 Å². The topological polar surface area (TPSA) is 68.0 Å². The molecule has 120 valence electrons. The summed E-state index contributed by atoms with van der Waals surface area (Å²) in [6, 6.07) is 7.31. The van der Waals surface area contributed by atoms with Gasteiger partial charge >= 0.3 is 0 Å². The lowest BCUT2D eigenvalue weighted by Crippen LogP contribution is -2.22. The second-order valence-electron chi connectivity index (χ2n) is 4.96. The maximum atomic E-state index is 11.1. The van der Waals surface area contributed by atoms with Gasteiger partial charge in [0.1, 0.15) is 0 Å². The van der Waals surface area contributed by atoms with E-state index < -0.39 is 0 Å². The van der Waals surface area contributed by atoms with E-state index in [0.717, 1.165) is 31.2 Å². The SMILES string of the molecule is CC#CC(=O)NCCCCCc1nc(-c2ccc(Cl)cc2)no1. The highest BCUT2D eigenvalue weighted by Crippen LogP contribution is 2.19. The molecule has 1 N–H and O–H groups in total. The van der Waals surface area contributed by atoms with E-state index in [9.17, 15) is 4.79 Å². The molecule has 0 fully saturated rings. The summed E-state index contributed by atoms with van der Waals surface area (Å²) in [6.07, 6.45) is 3.52. The predicted molar refractivity (Wildman–Crippen MR) is 88.8 cm³/mol. The minimum atomic E-state index is -0.225. The fraction of sp³-hybridized carbons (Fsp3) is 0.353. The second-order valence-corrected chi connectivity index (χ2v) is 5.40. The Morgan fingerprint density at radius 2 is 2.04 bits per heavy atom. The Morgan fingerprint density at radius 3 is 2.78 bits per heavy atom. The first-order valence-electron chi connectivity index (χ1n) is 7.48. The molecule has 1 aromatic heterocycles. The maximum absolute atomic E-state index is 11.1. The third-order valence-electron chi connectivity index (χ3n) is 3.16. The molecule has 1 aromatic carbocycles. The van der Waals surface area contributed by atoms with Crippen LogP contribution in [0.5, 0.6) is 0 Å². The highest BCUT2D eigenvalue weighted by Gasteiger charge is 2.08. The third kappa shape index (κ3) is 5.76. The molecule has 0 radical (unpaired) electrons. The van der Waals surface area contributed by atoms with Gasteiger partial charge < -0.3 is 9.84 Å². The number of carbonyl (C=O) groups is 1. The standard InChI is InChI=1S/C17H18ClN3O2/c1-2-6-15(22)19-12-5-3-4-7-16-20-17(21-23-16)13-8-10-14(18)11-9-13/h8-11H,3-5,7,12H2,1H3,(H,19,22). The van der Waals surface area contributed by atoms with Crippen LogP contribution in [0.25, 0.3) is 11.4 Å². The number of carbonyl (C=O) groups excluding carboxylic acids is 1. The molecule has 23 heavy (non-hydrogen) atoms. The lowest BCUT2D eigenvalue weighted by Gasteiger charge is -2.00. The van der Waals surface area contributed by atoms with Gasteiger partial charge in [-0.25, -0.2) is 0 Å². The molecule has 1 amide bonds. The van der Waals surface area contributed by atoms with Gasteiger partial charge in [-0.15, -0.1) is 0 Å². The number of aromatic nitrogens is 2. The monoisotopic (exact) mass is 331 g/mol. The quantitative estimate of drug-likeness (QED) is 0.624. The van der Waals surface area contributed by atoms with E-state index in [4.69, 9.17) is 16.1 Å². The number of amides is 1. The highest BCUT2D eigenvalue weighted by molar-refractivity contribution is 6.30. The Morgan fingerprint density at radius 1 is 1.26 bits per heavy atom. The molecule has 0 bridgehead atoms. The fourth-order valence-corrected chi connectivity index (χ4v) is 2.14. The Bertz CT molecular complexity index is 699. The van der Waals surface area contributed by atoms with Crippen LogP contribution in [0.1, 0.15) is 32.1 Å². The molecule has 0 unspecified atom stereocenters. The molecule has 2 aromatic rings. The van der Waals surface area contributed by atoms with Crippen LogP contribution in [0, 0.1) is 11.8 Å². The van der Waals surface area contributed by atoms with E-state index in [1.54, 1.807) is 19.1 Å². The normalized spacial score (nSPS) is 10.0. The molecule has 0 aliphatic rings. The van der Waals surface area contributed by atoms with Crippen molar-refractivity contribution in [1.82, 2.24) is 15.5 Å². The van der Waals surface area contributed by atoms with E-state index in [0.29, 0.717) is 23.3 Å². The summed E-state index contributed by atoms with van der Waals surface area (Å²) in [4.78, 5) is 15.5. The summed E-state index contributed by atoms with van der Waals surface area (Å²) in [6.45, 7) is 2.27. The van der Waals surface area contributed by atoms with Gasteiger partial charge in [-0.05, 0) is 50.0 Å². The maximum Gasteiger partial charge on any atom is 0.295 e. The van der Waals surface area contributed by atoms with Crippen LogP contribution in [0.4, 0.5) is 0 Å². The van der Waals surface area contributed by atoms with Gasteiger partial charge in [0.05, 0.1) is 0 Å². The van der Waals surface area contributed by atoms with Crippen LogP contribution in [-0.4, -0.2) is 22.6 Å². The van der Waals surface area contributed by atoms with Gasteiger partial charge in [-0.3, -0.25) is 4.79 Å². The van der Waals surface area contributed by atoms with Gasteiger partial charge in [-0.2, -0.15) is 4.98 Å². The van der Waals surface area contributed by atoms with Crippen molar-refractivity contribution in [2.24, 2.45) is 0 Å². The van der Waals surface area contributed by atoms with Crippen LogP contribution >= 0.6 is 11.6 Å². The van der Waals surface area contributed by atoms with Crippen molar-refractivity contribution in [2.45, 2.75) is 32.6 Å². The fourth-order valence-electron chi connectivity index (χ4n) is 2.01. The Balaban J connectivity index is 1.70. The van der Waals surface area contributed by atoms with Crippen molar-refractivity contribution in [3.8, 4) is 23.2 Å². The molecular weight excluding hydrogens is 314 g/mol. The first-order chi connectivity index (χ1) is 11.2. The molecule has 0 spiro atoms. The molecule has 0 saturated heterocycles. The molecular formula is C17H18ClN3O2. The number of halogens is 1. The van der Waals surface area contributed by atoms with E-state index >= 15 is 0 Å². The number of nitrogens with one attached hydrogen (secondary N) is 1. The summed E-state index contributed by atoms with van der Waals surface area (Å²) in [5.74, 6) is 5.97. The number of rotatable bonds is 7. The number of hydrogen-bond acceptors (Lipinski definition) is 4. The molecule has 1 heterocycles. The summed E-state index contributed by atoms with van der Waals surface area (Å²) < 4.78 is 5.24. The molecule has 6 heteroatoms. The van der Waals surface area contributed by atoms with E-state index in [1.807, 2.05) is 12.1 Å². The largest absolute Gasteiger partial charge is 0.345 e. The van der Waals surface area contributed by atoms with Crippen LogP contribution < -0.4 is 5.32 Å². The highest BCUT2D eigenvalue weighted by atomic mass is 35.5.